The predicted molar refractivity (Wildman–Crippen MR) is 77.5 cm³/mol. The van der Waals surface area contributed by atoms with E-state index in [0.29, 0.717) is 18.8 Å². The highest BCUT2D eigenvalue weighted by Gasteiger charge is 2.11. The molecule has 0 aliphatic rings. The minimum Gasteiger partial charge on any atom is -0.497 e. The second-order valence-corrected chi connectivity index (χ2v) is 4.82. The first kappa shape index (κ1) is 16.0. The SMILES string of the molecule is COc1ccc2c(c1)nc(CCCl)n2CCOCC(F)F. The Balaban J connectivity index is 2.20. The molecule has 0 amide bonds. The molecule has 7 heteroatoms. The first-order chi connectivity index (χ1) is 10.2. The molecule has 1 aromatic carbocycles. The van der Waals surface area contributed by atoms with Crippen LogP contribution in [0.2, 0.25) is 0 Å². The number of ether oxygens (including phenoxy) is 2. The number of nitrogens with zero attached hydrogens (tertiary/aromatic N) is 2. The van der Waals surface area contributed by atoms with Crippen molar-refractivity contribution < 1.29 is 18.3 Å². The van der Waals surface area contributed by atoms with Gasteiger partial charge in [0.1, 0.15) is 18.2 Å². The van der Waals surface area contributed by atoms with Gasteiger partial charge in [0.25, 0.3) is 6.43 Å². The Bertz CT molecular complexity index is 590. The average molecular weight is 319 g/mol. The molecule has 21 heavy (non-hydrogen) atoms. The molecule has 0 saturated carbocycles. The molecule has 0 N–H and O–H groups in total. The maximum atomic E-state index is 12.1. The predicted octanol–water partition coefficient (Wildman–Crippen LogP) is 3.11. The second-order valence-electron chi connectivity index (χ2n) is 4.44. The number of alkyl halides is 3. The third kappa shape index (κ3) is 4.04. The first-order valence-corrected chi connectivity index (χ1v) is 7.14. The molecule has 0 atom stereocenters. The molecule has 0 spiro atoms. The van der Waals surface area contributed by atoms with E-state index in [-0.39, 0.29) is 6.61 Å². The molecule has 116 valence electrons. The molecule has 2 rings (SSSR count). The fourth-order valence-corrected chi connectivity index (χ4v) is 2.31. The number of methoxy groups -OCH3 is 1. The van der Waals surface area contributed by atoms with Gasteiger partial charge in [-0.2, -0.15) is 0 Å². The van der Waals surface area contributed by atoms with Crippen molar-refractivity contribution in [2.45, 2.75) is 19.4 Å². The van der Waals surface area contributed by atoms with Gasteiger partial charge in [-0.1, -0.05) is 0 Å². The van der Waals surface area contributed by atoms with E-state index < -0.39 is 13.0 Å². The highest BCUT2D eigenvalue weighted by molar-refractivity contribution is 6.17. The van der Waals surface area contributed by atoms with Gasteiger partial charge in [-0.05, 0) is 12.1 Å². The van der Waals surface area contributed by atoms with Gasteiger partial charge in [-0.25, -0.2) is 13.8 Å². The lowest BCUT2D eigenvalue weighted by Crippen LogP contribution is -2.13. The van der Waals surface area contributed by atoms with Crippen molar-refractivity contribution in [1.29, 1.82) is 0 Å². The maximum Gasteiger partial charge on any atom is 0.261 e. The van der Waals surface area contributed by atoms with Crippen LogP contribution in [0.1, 0.15) is 5.82 Å². The Morgan fingerprint density at radius 3 is 2.86 bits per heavy atom. The van der Waals surface area contributed by atoms with Crippen LogP contribution in [0.5, 0.6) is 5.75 Å². The summed E-state index contributed by atoms with van der Waals surface area (Å²) < 4.78 is 36.2. The lowest BCUT2D eigenvalue weighted by atomic mass is 10.3. The van der Waals surface area contributed by atoms with E-state index in [1.807, 2.05) is 22.8 Å². The molecule has 0 aliphatic heterocycles. The topological polar surface area (TPSA) is 36.3 Å². The fraction of sp³-hybridized carbons (Fsp3) is 0.500. The molecule has 1 heterocycles. The van der Waals surface area contributed by atoms with E-state index >= 15 is 0 Å². The van der Waals surface area contributed by atoms with Crippen LogP contribution in [0.25, 0.3) is 11.0 Å². The van der Waals surface area contributed by atoms with Crippen LogP contribution in [0.3, 0.4) is 0 Å². The number of hydrogen-bond donors (Lipinski definition) is 0. The second kappa shape index (κ2) is 7.56. The van der Waals surface area contributed by atoms with Gasteiger partial charge < -0.3 is 14.0 Å². The highest BCUT2D eigenvalue weighted by Crippen LogP contribution is 2.22. The van der Waals surface area contributed by atoms with E-state index in [1.165, 1.54) is 0 Å². The summed E-state index contributed by atoms with van der Waals surface area (Å²) in [5, 5.41) is 0. The molecule has 0 saturated heterocycles. The van der Waals surface area contributed by atoms with Gasteiger partial charge >= 0.3 is 0 Å². The van der Waals surface area contributed by atoms with E-state index in [0.717, 1.165) is 22.6 Å². The van der Waals surface area contributed by atoms with Crippen LogP contribution in [0.15, 0.2) is 18.2 Å². The summed E-state index contributed by atoms with van der Waals surface area (Å²) in [5.74, 6) is 1.98. The Labute approximate surface area is 126 Å². The third-order valence-electron chi connectivity index (χ3n) is 3.06. The number of imidazole rings is 1. The van der Waals surface area contributed by atoms with Crippen LogP contribution >= 0.6 is 11.6 Å². The number of aromatic nitrogens is 2. The third-order valence-corrected chi connectivity index (χ3v) is 3.24. The zero-order valence-corrected chi connectivity index (χ0v) is 12.4. The lowest BCUT2D eigenvalue weighted by Gasteiger charge is -2.09. The Morgan fingerprint density at radius 2 is 2.19 bits per heavy atom. The molecule has 1 aromatic heterocycles. The number of rotatable bonds is 8. The fourth-order valence-electron chi connectivity index (χ4n) is 2.14. The summed E-state index contributed by atoms with van der Waals surface area (Å²) in [7, 11) is 1.59. The smallest absolute Gasteiger partial charge is 0.261 e. The first-order valence-electron chi connectivity index (χ1n) is 6.60. The minimum atomic E-state index is -2.45. The molecule has 4 nitrogen and oxygen atoms in total. The summed E-state index contributed by atoms with van der Waals surface area (Å²) in [6.45, 7) is 0.115. The Morgan fingerprint density at radius 1 is 1.38 bits per heavy atom. The molecule has 0 radical (unpaired) electrons. The summed E-state index contributed by atoms with van der Waals surface area (Å²) in [5.41, 5.74) is 1.71. The van der Waals surface area contributed by atoms with Gasteiger partial charge in [-0.15, -0.1) is 11.6 Å². The summed E-state index contributed by atoms with van der Waals surface area (Å²) in [6, 6.07) is 5.57. The number of halogens is 3. The zero-order chi connectivity index (χ0) is 15.2. The van der Waals surface area contributed by atoms with Crippen molar-refractivity contribution >= 4 is 22.6 Å². The monoisotopic (exact) mass is 318 g/mol. The molecular weight excluding hydrogens is 302 g/mol. The summed E-state index contributed by atoms with van der Waals surface area (Å²) in [4.78, 5) is 4.52. The lowest BCUT2D eigenvalue weighted by molar-refractivity contribution is 0.0148. The van der Waals surface area contributed by atoms with Gasteiger partial charge in [0.05, 0.1) is 24.8 Å². The molecule has 2 aromatic rings. The van der Waals surface area contributed by atoms with E-state index in [9.17, 15) is 8.78 Å². The molecule has 0 unspecified atom stereocenters. The van der Waals surface area contributed by atoms with E-state index in [2.05, 4.69) is 4.98 Å². The molecular formula is C14H17ClF2N2O2. The summed E-state index contributed by atoms with van der Waals surface area (Å²) >= 11 is 5.79. The molecule has 0 fully saturated rings. The van der Waals surface area contributed by atoms with Crippen molar-refractivity contribution in [2.75, 3.05) is 26.2 Å². The van der Waals surface area contributed by atoms with Crippen LogP contribution in [-0.4, -0.2) is 42.2 Å². The van der Waals surface area contributed by atoms with Crippen molar-refractivity contribution in [1.82, 2.24) is 9.55 Å². The van der Waals surface area contributed by atoms with Crippen LogP contribution in [0, 0.1) is 0 Å². The van der Waals surface area contributed by atoms with Crippen molar-refractivity contribution in [3.05, 3.63) is 24.0 Å². The van der Waals surface area contributed by atoms with Crippen molar-refractivity contribution in [2.24, 2.45) is 0 Å². The number of aryl methyl sites for hydroxylation is 1. The number of fused-ring (bicyclic) bond motifs is 1. The van der Waals surface area contributed by atoms with Gasteiger partial charge in [-0.3, -0.25) is 0 Å². The quantitative estimate of drug-likeness (QED) is 0.554. The number of benzene rings is 1. The molecule has 0 bridgehead atoms. The van der Waals surface area contributed by atoms with Gasteiger partial charge in [0.2, 0.25) is 0 Å². The molecule has 0 aliphatic carbocycles. The van der Waals surface area contributed by atoms with Crippen molar-refractivity contribution in [3.8, 4) is 5.75 Å². The van der Waals surface area contributed by atoms with E-state index in [1.54, 1.807) is 7.11 Å². The Hall–Kier alpha value is -1.40. The maximum absolute atomic E-state index is 12.1. The average Bonchev–Trinajstić information content (AvgIpc) is 2.80. The van der Waals surface area contributed by atoms with Crippen LogP contribution < -0.4 is 4.74 Å². The van der Waals surface area contributed by atoms with Gasteiger partial charge in [0.15, 0.2) is 0 Å². The van der Waals surface area contributed by atoms with E-state index in [4.69, 9.17) is 21.1 Å². The minimum absolute atomic E-state index is 0.205. The standard InChI is InChI=1S/C14H17ClF2N2O2/c1-20-10-2-3-12-11(8-10)18-14(4-5-15)19(12)6-7-21-9-13(16)17/h2-3,8,13H,4-7,9H2,1H3. The van der Waals surface area contributed by atoms with Crippen LogP contribution in [0.4, 0.5) is 8.78 Å². The normalized spacial score (nSPS) is 11.5. The van der Waals surface area contributed by atoms with Crippen LogP contribution in [-0.2, 0) is 17.7 Å². The largest absolute Gasteiger partial charge is 0.497 e. The Kier molecular flexibility index (Phi) is 5.76. The zero-order valence-electron chi connectivity index (χ0n) is 11.7. The van der Waals surface area contributed by atoms with Crippen molar-refractivity contribution in [3.63, 3.8) is 0 Å². The summed E-state index contributed by atoms with van der Waals surface area (Å²) in [6.07, 6.45) is -1.84. The number of hydrogen-bond acceptors (Lipinski definition) is 3. The highest BCUT2D eigenvalue weighted by atomic mass is 35.5. The van der Waals surface area contributed by atoms with Gasteiger partial charge in [0, 0.05) is 24.9 Å².